The molecular weight excluding hydrogens is 457 g/mol. The smallest absolute Gasteiger partial charge is 0.248 e. The Bertz CT molecular complexity index is 1390. The molecule has 4 rings (SSSR count). The molecule has 4 aromatic rings. The summed E-state index contributed by atoms with van der Waals surface area (Å²) in [6.07, 6.45) is 3.30. The number of amides is 1. The fraction of sp³-hybridized carbons (Fsp3) is 0.148. The van der Waals surface area contributed by atoms with Crippen LogP contribution in [0.25, 0.3) is 27.7 Å². The van der Waals surface area contributed by atoms with Gasteiger partial charge in [-0.05, 0) is 56.2 Å². The first-order valence-electron chi connectivity index (χ1n) is 10.4. The topological polar surface area (TPSA) is 51.5 Å². The summed E-state index contributed by atoms with van der Waals surface area (Å²) in [7, 11) is 1.62. The van der Waals surface area contributed by atoms with Crippen molar-refractivity contribution < 1.29 is 13.9 Å². The fourth-order valence-electron chi connectivity index (χ4n) is 3.86. The number of halogens is 2. The zero-order valence-corrected chi connectivity index (χ0v) is 20.3. The standard InChI is InChI=1S/C27H23Cl2NO3/c1-15-5-7-18(8-6-15)22-14-33-27-17(3)26(32-4)20(13-21(22)27)16(2)11-25(31)30-19-9-10-23(28)24(29)12-19/h5-14H,1-4H3,(H,30,31)/b16-11+. The molecule has 0 fully saturated rings. The molecule has 6 heteroatoms. The highest BCUT2D eigenvalue weighted by Crippen LogP contribution is 2.40. The Morgan fingerprint density at radius 3 is 2.42 bits per heavy atom. The predicted octanol–water partition coefficient (Wildman–Crippen LogP) is 8.07. The maximum absolute atomic E-state index is 12.7. The maximum Gasteiger partial charge on any atom is 0.248 e. The van der Waals surface area contributed by atoms with E-state index in [1.54, 1.807) is 31.6 Å². The molecule has 33 heavy (non-hydrogen) atoms. The van der Waals surface area contributed by atoms with Crippen LogP contribution in [0.3, 0.4) is 0 Å². The highest BCUT2D eigenvalue weighted by molar-refractivity contribution is 6.42. The summed E-state index contributed by atoms with van der Waals surface area (Å²) in [6.45, 7) is 5.89. The number of methoxy groups -OCH3 is 1. The number of rotatable bonds is 5. The van der Waals surface area contributed by atoms with E-state index in [0.717, 1.165) is 38.8 Å². The van der Waals surface area contributed by atoms with E-state index in [4.69, 9.17) is 32.4 Å². The summed E-state index contributed by atoms with van der Waals surface area (Å²) in [6, 6.07) is 15.3. The quantitative estimate of drug-likeness (QED) is 0.294. The summed E-state index contributed by atoms with van der Waals surface area (Å²) in [5.74, 6) is 0.389. The van der Waals surface area contributed by atoms with Gasteiger partial charge in [0.05, 0.1) is 23.4 Å². The van der Waals surface area contributed by atoms with E-state index in [2.05, 4.69) is 36.5 Å². The minimum absolute atomic E-state index is 0.281. The third kappa shape index (κ3) is 4.63. The first-order chi connectivity index (χ1) is 15.8. The Morgan fingerprint density at radius 1 is 1.03 bits per heavy atom. The summed E-state index contributed by atoms with van der Waals surface area (Å²) in [5.41, 5.74) is 7.02. The molecule has 1 amide bonds. The maximum atomic E-state index is 12.7. The number of benzene rings is 3. The van der Waals surface area contributed by atoms with Gasteiger partial charge >= 0.3 is 0 Å². The molecular formula is C27H23Cl2NO3. The van der Waals surface area contributed by atoms with Crippen molar-refractivity contribution in [3.05, 3.63) is 87.6 Å². The minimum atomic E-state index is -0.281. The van der Waals surface area contributed by atoms with Gasteiger partial charge in [-0.25, -0.2) is 0 Å². The Labute approximate surface area is 202 Å². The molecule has 3 aromatic carbocycles. The number of carbonyl (C=O) groups is 1. The van der Waals surface area contributed by atoms with Crippen LogP contribution >= 0.6 is 23.2 Å². The van der Waals surface area contributed by atoms with E-state index in [1.165, 1.54) is 11.6 Å². The van der Waals surface area contributed by atoms with Crippen LogP contribution in [-0.4, -0.2) is 13.0 Å². The molecule has 0 atom stereocenters. The molecule has 0 aliphatic heterocycles. The Kier molecular flexibility index (Phi) is 6.50. The van der Waals surface area contributed by atoms with Gasteiger partial charge in [0.2, 0.25) is 5.91 Å². The highest BCUT2D eigenvalue weighted by atomic mass is 35.5. The average Bonchev–Trinajstić information content (AvgIpc) is 3.21. The number of nitrogens with one attached hydrogen (secondary N) is 1. The first-order valence-corrected chi connectivity index (χ1v) is 11.1. The third-order valence-electron chi connectivity index (χ3n) is 5.57. The lowest BCUT2D eigenvalue weighted by atomic mass is 9.96. The van der Waals surface area contributed by atoms with Gasteiger partial charge in [0.25, 0.3) is 0 Å². The van der Waals surface area contributed by atoms with Crippen molar-refractivity contribution in [3.63, 3.8) is 0 Å². The van der Waals surface area contributed by atoms with E-state index >= 15 is 0 Å². The number of allylic oxidation sites excluding steroid dienone is 1. The summed E-state index contributed by atoms with van der Waals surface area (Å²) in [5, 5.41) is 4.59. The van der Waals surface area contributed by atoms with Crippen LogP contribution in [0.15, 0.2) is 65.3 Å². The molecule has 1 heterocycles. The SMILES string of the molecule is COc1c(/C(C)=C/C(=O)Nc2ccc(Cl)c(Cl)c2)cc2c(-c3ccc(C)cc3)coc2c1C. The molecule has 4 nitrogen and oxygen atoms in total. The molecule has 0 saturated carbocycles. The van der Waals surface area contributed by atoms with Crippen LogP contribution in [0.5, 0.6) is 5.75 Å². The van der Waals surface area contributed by atoms with Gasteiger partial charge in [0, 0.05) is 33.8 Å². The number of aryl methyl sites for hydroxylation is 2. The molecule has 1 aromatic heterocycles. The molecule has 0 spiro atoms. The van der Waals surface area contributed by atoms with Crippen LogP contribution in [0.2, 0.25) is 10.0 Å². The summed E-state index contributed by atoms with van der Waals surface area (Å²) in [4.78, 5) is 12.7. The van der Waals surface area contributed by atoms with Crippen LogP contribution < -0.4 is 10.1 Å². The van der Waals surface area contributed by atoms with Crippen molar-refractivity contribution in [2.24, 2.45) is 0 Å². The molecule has 0 bridgehead atoms. The van der Waals surface area contributed by atoms with Crippen molar-refractivity contribution in [3.8, 4) is 16.9 Å². The predicted molar refractivity (Wildman–Crippen MR) is 136 cm³/mol. The van der Waals surface area contributed by atoms with Gasteiger partial charge in [-0.3, -0.25) is 4.79 Å². The van der Waals surface area contributed by atoms with Gasteiger partial charge in [0.15, 0.2) is 0 Å². The number of carbonyl (C=O) groups excluding carboxylic acids is 1. The number of hydrogen-bond acceptors (Lipinski definition) is 3. The Morgan fingerprint density at radius 2 is 1.76 bits per heavy atom. The number of hydrogen-bond donors (Lipinski definition) is 1. The largest absolute Gasteiger partial charge is 0.496 e. The lowest BCUT2D eigenvalue weighted by Crippen LogP contribution is -2.08. The fourth-order valence-corrected chi connectivity index (χ4v) is 4.15. The number of fused-ring (bicyclic) bond motifs is 1. The van der Waals surface area contributed by atoms with Gasteiger partial charge < -0.3 is 14.5 Å². The van der Waals surface area contributed by atoms with Gasteiger partial charge in [-0.15, -0.1) is 0 Å². The van der Waals surface area contributed by atoms with E-state index < -0.39 is 0 Å². The second-order valence-corrected chi connectivity index (χ2v) is 8.73. The summed E-state index contributed by atoms with van der Waals surface area (Å²) >= 11 is 12.0. The van der Waals surface area contributed by atoms with Crippen LogP contribution in [-0.2, 0) is 4.79 Å². The van der Waals surface area contributed by atoms with E-state index in [-0.39, 0.29) is 5.91 Å². The van der Waals surface area contributed by atoms with Crippen molar-refractivity contribution >= 4 is 51.3 Å². The molecule has 1 N–H and O–H groups in total. The van der Waals surface area contributed by atoms with Crippen molar-refractivity contribution in [2.75, 3.05) is 12.4 Å². The normalized spacial score (nSPS) is 11.6. The molecule has 168 valence electrons. The zero-order chi connectivity index (χ0) is 23.7. The van der Waals surface area contributed by atoms with Gasteiger partial charge in [-0.2, -0.15) is 0 Å². The lowest BCUT2D eigenvalue weighted by molar-refractivity contribution is -0.111. The lowest BCUT2D eigenvalue weighted by Gasteiger charge is -2.13. The van der Waals surface area contributed by atoms with Gasteiger partial charge in [-0.1, -0.05) is 53.0 Å². The van der Waals surface area contributed by atoms with Gasteiger partial charge in [0.1, 0.15) is 11.3 Å². The first kappa shape index (κ1) is 23.0. The van der Waals surface area contributed by atoms with Crippen molar-refractivity contribution in [2.45, 2.75) is 20.8 Å². The number of ether oxygens (including phenoxy) is 1. The molecule has 0 aliphatic carbocycles. The monoisotopic (exact) mass is 479 g/mol. The van der Waals surface area contributed by atoms with E-state index in [0.29, 0.717) is 21.5 Å². The minimum Gasteiger partial charge on any atom is -0.496 e. The molecule has 0 radical (unpaired) electrons. The van der Waals surface area contributed by atoms with Crippen molar-refractivity contribution in [1.82, 2.24) is 0 Å². The van der Waals surface area contributed by atoms with Crippen molar-refractivity contribution in [1.29, 1.82) is 0 Å². The average molecular weight is 480 g/mol. The third-order valence-corrected chi connectivity index (χ3v) is 6.31. The van der Waals surface area contributed by atoms with Crippen LogP contribution in [0.4, 0.5) is 5.69 Å². The number of anilines is 1. The number of furan rings is 1. The second-order valence-electron chi connectivity index (χ2n) is 7.92. The van der Waals surface area contributed by atoms with Crippen LogP contribution in [0, 0.1) is 13.8 Å². The zero-order valence-electron chi connectivity index (χ0n) is 18.8. The summed E-state index contributed by atoms with van der Waals surface area (Å²) < 4.78 is 11.6. The Balaban J connectivity index is 1.74. The Hall–Kier alpha value is -3.21. The van der Waals surface area contributed by atoms with E-state index in [9.17, 15) is 4.79 Å². The highest BCUT2D eigenvalue weighted by Gasteiger charge is 2.19. The molecule has 0 saturated heterocycles. The van der Waals surface area contributed by atoms with E-state index in [1.807, 2.05) is 19.9 Å². The molecule has 0 unspecified atom stereocenters. The second kappa shape index (κ2) is 9.34. The van der Waals surface area contributed by atoms with Crippen LogP contribution in [0.1, 0.15) is 23.6 Å². The molecule has 0 aliphatic rings.